The predicted molar refractivity (Wildman–Crippen MR) is 79.4 cm³/mol. The average Bonchev–Trinajstić information content (AvgIpc) is 2.38. The Kier molecular flexibility index (Phi) is 3.68. The Hall–Kier alpha value is -2.43. The van der Waals surface area contributed by atoms with Crippen LogP contribution in [-0.2, 0) is 9.59 Å². The van der Waals surface area contributed by atoms with Crippen LogP contribution in [0.15, 0.2) is 30.0 Å². The summed E-state index contributed by atoms with van der Waals surface area (Å²) in [6, 6.07) is 6.87. The summed E-state index contributed by atoms with van der Waals surface area (Å²) in [6.45, 7) is 7.12. The first-order valence-corrected chi connectivity index (χ1v) is 6.69. The molecule has 0 saturated heterocycles. The van der Waals surface area contributed by atoms with Crippen LogP contribution in [0.4, 0.5) is 0 Å². The lowest BCUT2D eigenvalue weighted by atomic mass is 9.89. The lowest BCUT2D eigenvalue weighted by molar-refractivity contribution is -0.120. The minimum atomic E-state index is -0.698. The van der Waals surface area contributed by atoms with E-state index in [2.05, 4.69) is 10.6 Å². The van der Waals surface area contributed by atoms with E-state index in [0.717, 1.165) is 0 Å². The van der Waals surface area contributed by atoms with Crippen molar-refractivity contribution in [2.45, 2.75) is 33.2 Å². The van der Waals surface area contributed by atoms with E-state index in [1.807, 2.05) is 20.8 Å². The Morgan fingerprint density at radius 3 is 2.05 bits per heavy atom. The molecule has 5 heteroatoms. The SMILES string of the molecule is CC(=O)NC1=C(NC(C)(C)C)c2ccccc2C(=O)C1=O. The zero-order chi connectivity index (χ0) is 15.8. The van der Waals surface area contributed by atoms with Gasteiger partial charge >= 0.3 is 0 Å². The van der Waals surface area contributed by atoms with Crippen LogP contribution in [0.2, 0.25) is 0 Å². The molecule has 1 aromatic carbocycles. The summed E-state index contributed by atoms with van der Waals surface area (Å²) in [4.78, 5) is 35.8. The molecule has 1 aliphatic carbocycles. The molecule has 2 rings (SSSR count). The van der Waals surface area contributed by atoms with E-state index >= 15 is 0 Å². The van der Waals surface area contributed by atoms with E-state index in [9.17, 15) is 14.4 Å². The van der Waals surface area contributed by atoms with E-state index in [1.54, 1.807) is 24.3 Å². The maximum absolute atomic E-state index is 12.3. The number of hydrogen-bond acceptors (Lipinski definition) is 4. The zero-order valence-corrected chi connectivity index (χ0v) is 12.5. The maximum atomic E-state index is 12.3. The molecule has 0 bridgehead atoms. The van der Waals surface area contributed by atoms with Crippen LogP contribution in [0.25, 0.3) is 5.70 Å². The van der Waals surface area contributed by atoms with Crippen molar-refractivity contribution >= 4 is 23.2 Å². The number of carbonyl (C=O) groups is 3. The van der Waals surface area contributed by atoms with Gasteiger partial charge in [0, 0.05) is 23.6 Å². The molecule has 21 heavy (non-hydrogen) atoms. The minimum Gasteiger partial charge on any atom is -0.378 e. The Bertz CT molecular complexity index is 666. The van der Waals surface area contributed by atoms with E-state index in [0.29, 0.717) is 16.8 Å². The number of amides is 1. The van der Waals surface area contributed by atoms with Crippen LogP contribution in [-0.4, -0.2) is 23.0 Å². The Morgan fingerprint density at radius 1 is 0.952 bits per heavy atom. The fourth-order valence-corrected chi connectivity index (χ4v) is 2.18. The third-order valence-corrected chi connectivity index (χ3v) is 2.93. The molecular weight excluding hydrogens is 268 g/mol. The number of allylic oxidation sites excluding steroid dienone is 1. The smallest absolute Gasteiger partial charge is 0.251 e. The van der Waals surface area contributed by atoms with Gasteiger partial charge in [-0.15, -0.1) is 0 Å². The third kappa shape index (κ3) is 3.02. The molecule has 1 amide bonds. The zero-order valence-electron chi connectivity index (χ0n) is 12.5. The van der Waals surface area contributed by atoms with Gasteiger partial charge in [0.05, 0.1) is 5.70 Å². The van der Waals surface area contributed by atoms with Gasteiger partial charge in [0.25, 0.3) is 5.78 Å². The number of benzene rings is 1. The maximum Gasteiger partial charge on any atom is 0.251 e. The molecule has 0 aromatic heterocycles. The van der Waals surface area contributed by atoms with Gasteiger partial charge in [0.15, 0.2) is 0 Å². The lowest BCUT2D eigenvalue weighted by Gasteiger charge is -2.29. The van der Waals surface area contributed by atoms with Gasteiger partial charge in [-0.3, -0.25) is 14.4 Å². The van der Waals surface area contributed by atoms with E-state index in [-0.39, 0.29) is 11.2 Å². The first kappa shape index (κ1) is 15.0. The van der Waals surface area contributed by atoms with Crippen molar-refractivity contribution < 1.29 is 14.4 Å². The molecule has 0 atom stereocenters. The molecule has 1 aliphatic rings. The second-order valence-corrected chi connectivity index (χ2v) is 6.01. The average molecular weight is 286 g/mol. The molecule has 0 aliphatic heterocycles. The normalized spacial score (nSPS) is 14.9. The highest BCUT2D eigenvalue weighted by Gasteiger charge is 2.34. The molecule has 110 valence electrons. The summed E-state index contributed by atoms with van der Waals surface area (Å²) < 4.78 is 0. The topological polar surface area (TPSA) is 75.3 Å². The van der Waals surface area contributed by atoms with Crippen molar-refractivity contribution in [2.75, 3.05) is 0 Å². The van der Waals surface area contributed by atoms with E-state index in [4.69, 9.17) is 0 Å². The molecule has 0 fully saturated rings. The number of fused-ring (bicyclic) bond motifs is 1. The number of Topliss-reactive ketones (excluding diaryl/α,β-unsaturated/α-hetero) is 2. The Labute approximate surface area is 123 Å². The van der Waals surface area contributed by atoms with Crippen molar-refractivity contribution in [3.05, 3.63) is 41.1 Å². The van der Waals surface area contributed by atoms with Crippen molar-refractivity contribution in [1.82, 2.24) is 10.6 Å². The van der Waals surface area contributed by atoms with Gasteiger partial charge < -0.3 is 10.6 Å². The van der Waals surface area contributed by atoms with Gasteiger partial charge in [-0.05, 0) is 20.8 Å². The van der Waals surface area contributed by atoms with Crippen molar-refractivity contribution in [3.8, 4) is 0 Å². The lowest BCUT2D eigenvalue weighted by Crippen LogP contribution is -2.42. The molecule has 0 unspecified atom stereocenters. The number of hydrogen-bond donors (Lipinski definition) is 2. The van der Waals surface area contributed by atoms with Crippen LogP contribution < -0.4 is 10.6 Å². The van der Waals surface area contributed by atoms with Crippen LogP contribution >= 0.6 is 0 Å². The highest BCUT2D eigenvalue weighted by atomic mass is 16.2. The molecule has 1 aromatic rings. The van der Waals surface area contributed by atoms with Gasteiger partial charge in [0.1, 0.15) is 5.70 Å². The second kappa shape index (κ2) is 5.16. The summed E-state index contributed by atoms with van der Waals surface area (Å²) in [5.74, 6) is -1.69. The number of nitrogens with one attached hydrogen (secondary N) is 2. The molecule has 0 radical (unpaired) electrons. The van der Waals surface area contributed by atoms with Crippen LogP contribution in [0.3, 0.4) is 0 Å². The first-order valence-electron chi connectivity index (χ1n) is 6.69. The van der Waals surface area contributed by atoms with Gasteiger partial charge in [-0.2, -0.15) is 0 Å². The van der Waals surface area contributed by atoms with Crippen molar-refractivity contribution in [1.29, 1.82) is 0 Å². The second-order valence-electron chi connectivity index (χ2n) is 6.01. The van der Waals surface area contributed by atoms with Crippen LogP contribution in [0, 0.1) is 0 Å². The largest absolute Gasteiger partial charge is 0.378 e. The number of ketones is 2. The summed E-state index contributed by atoms with van der Waals surface area (Å²) in [5, 5.41) is 5.70. The van der Waals surface area contributed by atoms with Crippen molar-refractivity contribution in [3.63, 3.8) is 0 Å². The minimum absolute atomic E-state index is 0.0149. The summed E-state index contributed by atoms with van der Waals surface area (Å²) in [6.07, 6.45) is 0. The fraction of sp³-hybridized carbons (Fsp3) is 0.312. The van der Waals surface area contributed by atoms with E-state index < -0.39 is 17.5 Å². The predicted octanol–water partition coefficient (Wildman–Crippen LogP) is 1.64. The Morgan fingerprint density at radius 2 is 1.52 bits per heavy atom. The molecule has 5 nitrogen and oxygen atoms in total. The highest BCUT2D eigenvalue weighted by Crippen LogP contribution is 2.28. The highest BCUT2D eigenvalue weighted by molar-refractivity contribution is 6.52. The van der Waals surface area contributed by atoms with Crippen LogP contribution in [0.1, 0.15) is 43.6 Å². The number of carbonyl (C=O) groups excluding carboxylic acids is 3. The monoisotopic (exact) mass is 286 g/mol. The molecule has 2 N–H and O–H groups in total. The van der Waals surface area contributed by atoms with Gasteiger partial charge in [-0.1, -0.05) is 24.3 Å². The summed E-state index contributed by atoms with van der Waals surface area (Å²) in [5.41, 5.74) is 1.15. The molecule has 0 heterocycles. The van der Waals surface area contributed by atoms with E-state index in [1.165, 1.54) is 6.92 Å². The summed E-state index contributed by atoms with van der Waals surface area (Å²) >= 11 is 0. The third-order valence-electron chi connectivity index (χ3n) is 2.93. The molecule has 0 saturated carbocycles. The van der Waals surface area contributed by atoms with Gasteiger partial charge in [-0.25, -0.2) is 0 Å². The van der Waals surface area contributed by atoms with Crippen molar-refractivity contribution in [2.24, 2.45) is 0 Å². The first-order chi connectivity index (χ1) is 9.70. The quantitative estimate of drug-likeness (QED) is 0.811. The number of rotatable bonds is 2. The standard InChI is InChI=1S/C16H18N2O3/c1-9(19)17-13-12(18-16(2,3)4)10-7-5-6-8-11(10)14(20)15(13)21/h5-8,18H,1-4H3,(H,17,19). The Balaban J connectivity index is 2.67. The molecule has 0 spiro atoms. The fourth-order valence-electron chi connectivity index (χ4n) is 2.18. The molecular formula is C16H18N2O3. The van der Waals surface area contributed by atoms with Crippen LogP contribution in [0.5, 0.6) is 0 Å². The summed E-state index contributed by atoms with van der Waals surface area (Å²) in [7, 11) is 0. The van der Waals surface area contributed by atoms with Gasteiger partial charge in [0.2, 0.25) is 11.7 Å².